The fourth-order valence-corrected chi connectivity index (χ4v) is 2.49. The summed E-state index contributed by atoms with van der Waals surface area (Å²) < 4.78 is 1.56. The number of rotatable bonds is 4. The van der Waals surface area contributed by atoms with Gasteiger partial charge in [-0.25, -0.2) is 9.89 Å². The molecule has 0 saturated carbocycles. The van der Waals surface area contributed by atoms with Crippen molar-refractivity contribution >= 4 is 17.4 Å². The van der Waals surface area contributed by atoms with Crippen LogP contribution in [0.4, 0.5) is 5.69 Å². The van der Waals surface area contributed by atoms with Gasteiger partial charge in [-0.1, -0.05) is 17.8 Å². The van der Waals surface area contributed by atoms with E-state index in [1.165, 1.54) is 11.8 Å². The lowest BCUT2D eigenvalue weighted by atomic mass is 10.2. The molecule has 0 aliphatic heterocycles. The van der Waals surface area contributed by atoms with Crippen LogP contribution in [-0.4, -0.2) is 19.9 Å². The molecule has 7 heteroatoms. The van der Waals surface area contributed by atoms with E-state index in [0.717, 1.165) is 5.56 Å². The second-order valence-corrected chi connectivity index (χ2v) is 4.68. The van der Waals surface area contributed by atoms with Crippen molar-refractivity contribution < 1.29 is 5.11 Å². The quantitative estimate of drug-likeness (QED) is 0.438. The summed E-state index contributed by atoms with van der Waals surface area (Å²) in [6.07, 6.45) is 0. The Bertz CT molecular complexity index is 605. The maximum absolute atomic E-state index is 11.4. The number of phenolic OH excluding ortho intramolecular Hbond substituents is 1. The van der Waals surface area contributed by atoms with E-state index in [4.69, 9.17) is 5.73 Å². The molecule has 1 aromatic carbocycles. The first-order valence-electron chi connectivity index (χ1n) is 5.47. The summed E-state index contributed by atoms with van der Waals surface area (Å²) in [4.78, 5) is 11.4. The Morgan fingerprint density at radius 3 is 3.00 bits per heavy atom. The first kappa shape index (κ1) is 12.6. The average molecular weight is 266 g/mol. The highest BCUT2D eigenvalue weighted by Crippen LogP contribution is 2.25. The van der Waals surface area contributed by atoms with Gasteiger partial charge in [-0.2, -0.15) is 0 Å². The number of phenols is 1. The Labute approximate surface area is 108 Å². The summed E-state index contributed by atoms with van der Waals surface area (Å²) in [5.74, 6) is 0.711. The molecule has 4 N–H and O–H groups in total. The normalized spacial score (nSPS) is 10.7. The molecule has 2 aromatic rings. The molecule has 0 amide bonds. The van der Waals surface area contributed by atoms with Gasteiger partial charge in [0, 0.05) is 12.3 Å². The third-order valence-electron chi connectivity index (χ3n) is 2.50. The third kappa shape index (κ3) is 2.51. The van der Waals surface area contributed by atoms with E-state index in [9.17, 15) is 9.90 Å². The first-order chi connectivity index (χ1) is 8.61. The molecule has 0 unspecified atom stereocenters. The molecule has 6 nitrogen and oxygen atoms in total. The van der Waals surface area contributed by atoms with Gasteiger partial charge in [-0.3, -0.25) is 4.57 Å². The van der Waals surface area contributed by atoms with Crippen molar-refractivity contribution in [2.24, 2.45) is 0 Å². The Morgan fingerprint density at radius 1 is 1.56 bits per heavy atom. The summed E-state index contributed by atoms with van der Waals surface area (Å²) in [5, 5.41) is 16.3. The number of nitrogens with one attached hydrogen (secondary N) is 1. The number of aromatic hydroxyl groups is 1. The van der Waals surface area contributed by atoms with Gasteiger partial charge in [-0.05, 0) is 24.6 Å². The second-order valence-electron chi connectivity index (χ2n) is 3.74. The molecular weight excluding hydrogens is 252 g/mol. The summed E-state index contributed by atoms with van der Waals surface area (Å²) in [6.45, 7) is 2.47. The van der Waals surface area contributed by atoms with Crippen LogP contribution in [-0.2, 0) is 12.3 Å². The fraction of sp³-hybridized carbons (Fsp3) is 0.273. The van der Waals surface area contributed by atoms with Crippen molar-refractivity contribution in [1.82, 2.24) is 14.8 Å². The van der Waals surface area contributed by atoms with E-state index >= 15 is 0 Å². The van der Waals surface area contributed by atoms with Gasteiger partial charge >= 0.3 is 5.69 Å². The van der Waals surface area contributed by atoms with Crippen LogP contribution in [0.3, 0.4) is 0 Å². The molecule has 0 atom stereocenters. The first-order valence-corrected chi connectivity index (χ1v) is 6.45. The molecule has 0 aliphatic rings. The maximum atomic E-state index is 11.4. The predicted molar refractivity (Wildman–Crippen MR) is 70.6 cm³/mol. The monoisotopic (exact) mass is 266 g/mol. The Morgan fingerprint density at radius 2 is 2.33 bits per heavy atom. The van der Waals surface area contributed by atoms with Gasteiger partial charge in [-0.15, -0.1) is 5.10 Å². The summed E-state index contributed by atoms with van der Waals surface area (Å²) in [5.41, 5.74) is 6.73. The van der Waals surface area contributed by atoms with Gasteiger partial charge in [0.25, 0.3) is 0 Å². The standard InChI is InChI=1S/C11H14N4O2S/c1-2-15-10(17)13-14-11(15)18-6-7-3-4-9(16)8(12)5-7/h3-5,16H,2,6,12H2,1H3,(H,13,17). The van der Waals surface area contributed by atoms with Gasteiger partial charge in [0.05, 0.1) is 5.69 Å². The van der Waals surface area contributed by atoms with Gasteiger partial charge in [0.15, 0.2) is 5.16 Å². The van der Waals surface area contributed by atoms with Crippen molar-refractivity contribution in [1.29, 1.82) is 0 Å². The highest BCUT2D eigenvalue weighted by molar-refractivity contribution is 7.98. The molecular formula is C11H14N4O2S. The largest absolute Gasteiger partial charge is 0.506 e. The molecule has 0 bridgehead atoms. The zero-order chi connectivity index (χ0) is 13.1. The molecule has 1 heterocycles. The average Bonchev–Trinajstić information content (AvgIpc) is 2.71. The molecule has 0 saturated heterocycles. The predicted octanol–water partition coefficient (Wildman–Crippen LogP) is 1.17. The number of hydrogen-bond donors (Lipinski definition) is 3. The van der Waals surface area contributed by atoms with Crippen LogP contribution in [0, 0.1) is 0 Å². The van der Waals surface area contributed by atoms with Crippen molar-refractivity contribution in [3.8, 4) is 5.75 Å². The minimum absolute atomic E-state index is 0.0778. The van der Waals surface area contributed by atoms with Crippen LogP contribution < -0.4 is 11.4 Å². The Kier molecular flexibility index (Phi) is 3.61. The lowest BCUT2D eigenvalue weighted by molar-refractivity contribution is 0.478. The molecule has 96 valence electrons. The minimum Gasteiger partial charge on any atom is -0.506 e. The number of nitrogens with zero attached hydrogens (tertiary/aromatic N) is 2. The lowest BCUT2D eigenvalue weighted by Crippen LogP contribution is -2.16. The van der Waals surface area contributed by atoms with E-state index in [0.29, 0.717) is 23.1 Å². The zero-order valence-electron chi connectivity index (χ0n) is 9.88. The van der Waals surface area contributed by atoms with E-state index in [1.807, 2.05) is 6.92 Å². The van der Waals surface area contributed by atoms with Crippen LogP contribution in [0.1, 0.15) is 12.5 Å². The number of aromatic amines is 1. The Hall–Kier alpha value is -1.89. The number of H-pyrrole nitrogens is 1. The van der Waals surface area contributed by atoms with Crippen LogP contribution >= 0.6 is 11.8 Å². The van der Waals surface area contributed by atoms with Crippen molar-refractivity contribution in [2.45, 2.75) is 24.4 Å². The zero-order valence-corrected chi connectivity index (χ0v) is 10.7. The smallest absolute Gasteiger partial charge is 0.343 e. The molecule has 1 aromatic heterocycles. The third-order valence-corrected chi connectivity index (χ3v) is 3.55. The van der Waals surface area contributed by atoms with E-state index in [2.05, 4.69) is 10.2 Å². The summed E-state index contributed by atoms with van der Waals surface area (Å²) in [7, 11) is 0. The van der Waals surface area contributed by atoms with Gasteiger partial charge < -0.3 is 10.8 Å². The number of nitrogen functional groups attached to an aromatic ring is 1. The topological polar surface area (TPSA) is 96.9 Å². The lowest BCUT2D eigenvalue weighted by Gasteiger charge is -2.04. The van der Waals surface area contributed by atoms with Crippen LogP contribution in [0.2, 0.25) is 0 Å². The highest BCUT2D eigenvalue weighted by Gasteiger charge is 2.07. The molecule has 18 heavy (non-hydrogen) atoms. The Balaban J connectivity index is 2.11. The molecule has 0 fully saturated rings. The molecule has 0 aliphatic carbocycles. The molecule has 0 radical (unpaired) electrons. The highest BCUT2D eigenvalue weighted by atomic mass is 32.2. The molecule has 2 rings (SSSR count). The van der Waals surface area contributed by atoms with Gasteiger partial charge in [0.1, 0.15) is 5.75 Å². The number of aromatic nitrogens is 3. The fourth-order valence-electron chi connectivity index (χ4n) is 1.53. The summed E-state index contributed by atoms with van der Waals surface area (Å²) in [6, 6.07) is 5.06. The number of anilines is 1. The summed E-state index contributed by atoms with van der Waals surface area (Å²) >= 11 is 1.44. The number of benzene rings is 1. The van der Waals surface area contributed by atoms with Crippen molar-refractivity contribution in [2.75, 3.05) is 5.73 Å². The van der Waals surface area contributed by atoms with E-state index in [1.54, 1.807) is 22.8 Å². The van der Waals surface area contributed by atoms with Crippen molar-refractivity contribution in [3.63, 3.8) is 0 Å². The van der Waals surface area contributed by atoms with Crippen molar-refractivity contribution in [3.05, 3.63) is 34.2 Å². The van der Waals surface area contributed by atoms with Crippen LogP contribution in [0.25, 0.3) is 0 Å². The minimum atomic E-state index is -0.203. The van der Waals surface area contributed by atoms with Crippen LogP contribution in [0.5, 0.6) is 5.75 Å². The number of thioether (sulfide) groups is 1. The second kappa shape index (κ2) is 5.18. The maximum Gasteiger partial charge on any atom is 0.343 e. The number of nitrogens with two attached hydrogens (primary N) is 1. The van der Waals surface area contributed by atoms with Gasteiger partial charge in [0.2, 0.25) is 0 Å². The molecule has 0 spiro atoms. The number of hydrogen-bond acceptors (Lipinski definition) is 5. The van der Waals surface area contributed by atoms with E-state index in [-0.39, 0.29) is 11.4 Å². The SMILES string of the molecule is CCn1c(SCc2ccc(O)c(N)c2)n[nH]c1=O. The van der Waals surface area contributed by atoms with E-state index < -0.39 is 0 Å². The van der Waals surface area contributed by atoms with Crippen LogP contribution in [0.15, 0.2) is 28.2 Å².